The first kappa shape index (κ1) is 12.6. The van der Waals surface area contributed by atoms with Gasteiger partial charge in [-0.3, -0.25) is 0 Å². The van der Waals surface area contributed by atoms with Crippen molar-refractivity contribution in [3.8, 4) is 0 Å². The second-order valence-electron chi connectivity index (χ2n) is 4.52. The molecule has 4 heteroatoms. The van der Waals surface area contributed by atoms with E-state index in [4.69, 9.17) is 13.3 Å². The third kappa shape index (κ3) is 3.01. The summed E-state index contributed by atoms with van der Waals surface area (Å²) in [5, 5.41) is 0. The monoisotopic (exact) mass is 228 g/mol. The van der Waals surface area contributed by atoms with Crippen molar-refractivity contribution < 1.29 is 13.3 Å². The second kappa shape index (κ2) is 4.61. The molecule has 0 bridgehead atoms. The molecule has 1 aliphatic rings. The van der Waals surface area contributed by atoms with Crippen LogP contribution in [0.3, 0.4) is 0 Å². The average Bonchev–Trinajstić information content (AvgIpc) is 2.66. The zero-order valence-corrected chi connectivity index (χ0v) is 11.1. The summed E-state index contributed by atoms with van der Waals surface area (Å²) in [6.45, 7) is 6.03. The molecule has 3 nitrogen and oxygen atoms in total. The van der Waals surface area contributed by atoms with E-state index in [1.165, 1.54) is 0 Å². The Balaban J connectivity index is 2.86. The molecule has 0 saturated heterocycles. The molecule has 0 amide bonds. The standard InChI is InChI=1S/C11H20O3Si/c1-11(2,3)14-15(12-4,13-5)10-8-6-7-9-10/h6-10H,1-5H3. The van der Waals surface area contributed by atoms with Crippen LogP contribution in [0.5, 0.6) is 0 Å². The maximum atomic E-state index is 6.00. The van der Waals surface area contributed by atoms with Crippen LogP contribution in [0.1, 0.15) is 20.8 Å². The summed E-state index contributed by atoms with van der Waals surface area (Å²) in [4.78, 5) is 0. The Bertz CT molecular complexity index is 249. The van der Waals surface area contributed by atoms with E-state index in [1.807, 2.05) is 32.9 Å². The summed E-state index contributed by atoms with van der Waals surface area (Å²) in [7, 11) is 0.689. The van der Waals surface area contributed by atoms with Crippen molar-refractivity contribution in [2.75, 3.05) is 14.2 Å². The lowest BCUT2D eigenvalue weighted by molar-refractivity contribution is 0.0149. The topological polar surface area (TPSA) is 27.7 Å². The molecule has 0 aromatic carbocycles. The minimum Gasteiger partial charge on any atom is -0.376 e. The fourth-order valence-electron chi connectivity index (χ4n) is 1.60. The largest absolute Gasteiger partial charge is 0.512 e. The minimum absolute atomic E-state index is 0.131. The van der Waals surface area contributed by atoms with E-state index in [1.54, 1.807) is 14.2 Å². The van der Waals surface area contributed by atoms with Crippen LogP contribution in [0.15, 0.2) is 24.3 Å². The van der Waals surface area contributed by atoms with Crippen LogP contribution in [0.25, 0.3) is 0 Å². The Morgan fingerprint density at radius 2 is 1.47 bits per heavy atom. The van der Waals surface area contributed by atoms with E-state index in [9.17, 15) is 0 Å². The first-order valence-electron chi connectivity index (χ1n) is 5.09. The summed E-state index contributed by atoms with van der Waals surface area (Å²) in [5.74, 6) is 0. The third-order valence-electron chi connectivity index (χ3n) is 2.17. The van der Waals surface area contributed by atoms with Crippen LogP contribution in [0.4, 0.5) is 0 Å². The molecule has 0 aliphatic heterocycles. The van der Waals surface area contributed by atoms with Crippen molar-refractivity contribution in [2.24, 2.45) is 0 Å². The Morgan fingerprint density at radius 3 is 1.80 bits per heavy atom. The number of rotatable bonds is 4. The highest BCUT2D eigenvalue weighted by atomic mass is 28.4. The number of allylic oxidation sites excluding steroid dienone is 4. The zero-order valence-electron chi connectivity index (χ0n) is 10.1. The maximum absolute atomic E-state index is 6.00. The van der Waals surface area contributed by atoms with Crippen LogP contribution in [-0.2, 0) is 13.3 Å². The fourth-order valence-corrected chi connectivity index (χ4v) is 4.16. The molecule has 0 radical (unpaired) electrons. The average molecular weight is 228 g/mol. The summed E-state index contributed by atoms with van der Waals surface area (Å²) in [6, 6.07) is 0. The lowest BCUT2D eigenvalue weighted by Crippen LogP contribution is -2.51. The van der Waals surface area contributed by atoms with Gasteiger partial charge in [-0.15, -0.1) is 0 Å². The van der Waals surface area contributed by atoms with Crippen molar-refractivity contribution in [3.63, 3.8) is 0 Å². The van der Waals surface area contributed by atoms with Gasteiger partial charge in [0.25, 0.3) is 0 Å². The van der Waals surface area contributed by atoms with Crippen LogP contribution in [0, 0.1) is 0 Å². The van der Waals surface area contributed by atoms with Crippen molar-refractivity contribution >= 4 is 8.80 Å². The first-order valence-corrected chi connectivity index (χ1v) is 6.89. The molecule has 15 heavy (non-hydrogen) atoms. The molecule has 1 aliphatic carbocycles. The highest BCUT2D eigenvalue weighted by molar-refractivity contribution is 6.63. The van der Waals surface area contributed by atoms with E-state index < -0.39 is 8.80 Å². The van der Waals surface area contributed by atoms with E-state index in [0.717, 1.165) is 0 Å². The summed E-state index contributed by atoms with van der Waals surface area (Å²) in [5.41, 5.74) is -0.130. The molecule has 0 N–H and O–H groups in total. The van der Waals surface area contributed by atoms with Gasteiger partial charge in [0.2, 0.25) is 0 Å². The summed E-state index contributed by atoms with van der Waals surface area (Å²) < 4.78 is 17.1. The highest BCUT2D eigenvalue weighted by Gasteiger charge is 2.49. The van der Waals surface area contributed by atoms with Crippen LogP contribution < -0.4 is 0 Å². The van der Waals surface area contributed by atoms with Crippen LogP contribution in [-0.4, -0.2) is 28.6 Å². The maximum Gasteiger partial charge on any atom is 0.512 e. The molecule has 0 unspecified atom stereocenters. The van der Waals surface area contributed by atoms with Crippen LogP contribution in [0.2, 0.25) is 5.54 Å². The van der Waals surface area contributed by atoms with E-state index in [2.05, 4.69) is 12.2 Å². The lowest BCUT2D eigenvalue weighted by Gasteiger charge is -2.36. The predicted molar refractivity (Wildman–Crippen MR) is 62.6 cm³/mol. The van der Waals surface area contributed by atoms with Gasteiger partial charge in [0.05, 0.1) is 11.1 Å². The zero-order chi connectivity index (χ0) is 11.5. The lowest BCUT2D eigenvalue weighted by atomic mass is 10.2. The Kier molecular flexibility index (Phi) is 3.89. The normalized spacial score (nSPS) is 17.7. The molecule has 0 fully saturated rings. The van der Waals surface area contributed by atoms with Gasteiger partial charge in [0.1, 0.15) is 0 Å². The molecule has 0 atom stereocenters. The van der Waals surface area contributed by atoms with E-state index in [0.29, 0.717) is 0 Å². The molecule has 0 spiro atoms. The molecule has 0 heterocycles. The van der Waals surface area contributed by atoms with Crippen molar-refractivity contribution in [3.05, 3.63) is 24.3 Å². The number of hydrogen-bond donors (Lipinski definition) is 0. The molecule has 86 valence electrons. The minimum atomic E-state index is -2.62. The van der Waals surface area contributed by atoms with E-state index in [-0.39, 0.29) is 11.1 Å². The van der Waals surface area contributed by atoms with Crippen molar-refractivity contribution in [1.82, 2.24) is 0 Å². The predicted octanol–water partition coefficient (Wildman–Crippen LogP) is 2.53. The Labute approximate surface area is 93.1 Å². The van der Waals surface area contributed by atoms with Crippen molar-refractivity contribution in [1.29, 1.82) is 0 Å². The van der Waals surface area contributed by atoms with Gasteiger partial charge in [-0.1, -0.05) is 24.3 Å². The van der Waals surface area contributed by atoms with Crippen LogP contribution >= 0.6 is 0 Å². The smallest absolute Gasteiger partial charge is 0.376 e. The molecule has 0 aromatic rings. The number of hydrogen-bond acceptors (Lipinski definition) is 3. The molecule has 0 saturated carbocycles. The Morgan fingerprint density at radius 1 is 1.00 bits per heavy atom. The summed E-state index contributed by atoms with van der Waals surface area (Å²) >= 11 is 0. The SMILES string of the molecule is CO[Si](OC)(OC(C)(C)C)C1C=CC=C1. The van der Waals surface area contributed by atoms with Gasteiger partial charge in [0.15, 0.2) is 0 Å². The van der Waals surface area contributed by atoms with E-state index >= 15 is 0 Å². The highest BCUT2D eigenvalue weighted by Crippen LogP contribution is 2.33. The quantitative estimate of drug-likeness (QED) is 0.692. The first-order chi connectivity index (χ1) is 6.93. The van der Waals surface area contributed by atoms with Gasteiger partial charge in [0, 0.05) is 14.2 Å². The molecule has 0 aromatic heterocycles. The second-order valence-corrected chi connectivity index (χ2v) is 7.42. The Hall–Kier alpha value is -0.423. The van der Waals surface area contributed by atoms with Gasteiger partial charge < -0.3 is 13.3 Å². The summed E-state index contributed by atoms with van der Waals surface area (Å²) in [6.07, 6.45) is 8.11. The van der Waals surface area contributed by atoms with Gasteiger partial charge in [-0.25, -0.2) is 0 Å². The van der Waals surface area contributed by atoms with Gasteiger partial charge >= 0.3 is 8.80 Å². The molecule has 1 rings (SSSR count). The third-order valence-corrected chi connectivity index (χ3v) is 5.41. The van der Waals surface area contributed by atoms with Gasteiger partial charge in [-0.2, -0.15) is 0 Å². The molecular formula is C11H20O3Si. The van der Waals surface area contributed by atoms with Crippen molar-refractivity contribution in [2.45, 2.75) is 31.9 Å². The molecular weight excluding hydrogens is 208 g/mol. The van der Waals surface area contributed by atoms with Gasteiger partial charge in [-0.05, 0) is 20.8 Å². The fraction of sp³-hybridized carbons (Fsp3) is 0.636.